The summed E-state index contributed by atoms with van der Waals surface area (Å²) in [6.45, 7) is 2.18. The maximum absolute atomic E-state index is 6.12. The Labute approximate surface area is 105 Å². The molecule has 2 aromatic rings. The number of hydrogen-bond acceptors (Lipinski definition) is 4. The third-order valence-electron chi connectivity index (χ3n) is 2.66. The smallest absolute Gasteiger partial charge is 0.222 e. The van der Waals surface area contributed by atoms with Crippen LogP contribution in [0.1, 0.15) is 31.7 Å². The highest BCUT2D eigenvalue weighted by molar-refractivity contribution is 6.30. The number of unbranched alkanes of at least 4 members (excludes halogenated alkanes) is 2. The fourth-order valence-electron chi connectivity index (χ4n) is 1.74. The van der Waals surface area contributed by atoms with E-state index in [0.29, 0.717) is 10.8 Å². The Hall–Kier alpha value is -1.42. The van der Waals surface area contributed by atoms with Gasteiger partial charge >= 0.3 is 0 Å². The monoisotopic (exact) mass is 250 g/mol. The van der Waals surface area contributed by atoms with E-state index in [1.54, 1.807) is 6.20 Å². The van der Waals surface area contributed by atoms with Gasteiger partial charge in [-0.1, -0.05) is 31.4 Å². The summed E-state index contributed by atoms with van der Waals surface area (Å²) in [5, 5.41) is 1.40. The van der Waals surface area contributed by atoms with Crippen molar-refractivity contribution in [1.29, 1.82) is 0 Å². The largest absolute Gasteiger partial charge is 0.368 e. The van der Waals surface area contributed by atoms with Crippen LogP contribution in [-0.2, 0) is 6.42 Å². The second kappa shape index (κ2) is 5.27. The summed E-state index contributed by atoms with van der Waals surface area (Å²) in [6, 6.07) is 2.00. The molecule has 0 aliphatic heterocycles. The number of aromatic nitrogens is 3. The summed E-state index contributed by atoms with van der Waals surface area (Å²) >= 11 is 6.12. The average molecular weight is 251 g/mol. The molecule has 2 N–H and O–H groups in total. The molecular weight excluding hydrogens is 236 g/mol. The van der Waals surface area contributed by atoms with Gasteiger partial charge < -0.3 is 5.73 Å². The van der Waals surface area contributed by atoms with Crippen molar-refractivity contribution in [2.24, 2.45) is 0 Å². The van der Waals surface area contributed by atoms with Crippen LogP contribution in [0.5, 0.6) is 0 Å². The zero-order valence-electron chi connectivity index (χ0n) is 9.78. The van der Waals surface area contributed by atoms with Crippen LogP contribution in [0, 0.1) is 0 Å². The van der Waals surface area contributed by atoms with Gasteiger partial charge in [0.15, 0.2) is 5.65 Å². The summed E-state index contributed by atoms with van der Waals surface area (Å²) in [4.78, 5) is 12.3. The molecule has 0 saturated carbocycles. The van der Waals surface area contributed by atoms with Crippen LogP contribution in [0.2, 0.25) is 5.15 Å². The number of nitrogen functional groups attached to an aromatic ring is 1. The minimum atomic E-state index is 0.222. The molecule has 0 amide bonds. The van der Waals surface area contributed by atoms with Crippen molar-refractivity contribution >= 4 is 28.6 Å². The highest BCUT2D eigenvalue weighted by atomic mass is 35.5. The summed E-state index contributed by atoms with van der Waals surface area (Å²) in [6.07, 6.45) is 6.15. The van der Waals surface area contributed by atoms with Crippen molar-refractivity contribution in [2.45, 2.75) is 32.6 Å². The first-order chi connectivity index (χ1) is 8.20. The van der Waals surface area contributed by atoms with Gasteiger partial charge in [0.25, 0.3) is 0 Å². The highest BCUT2D eigenvalue weighted by Crippen LogP contribution is 2.21. The predicted octanol–water partition coefficient (Wildman–Crippen LogP) is 2.99. The summed E-state index contributed by atoms with van der Waals surface area (Å²) in [5.41, 5.74) is 7.12. The first kappa shape index (κ1) is 12.0. The standard InChI is InChI=1S/C12H15ClN4/c1-2-3-4-5-8-6-9-7-15-12(14)17-11(9)16-10(8)13/h6-7H,2-5H2,1H3,(H2,14,15,16,17). The van der Waals surface area contributed by atoms with E-state index >= 15 is 0 Å². The Bertz CT molecular complexity index is 527. The van der Waals surface area contributed by atoms with Crippen LogP contribution in [-0.4, -0.2) is 15.0 Å². The molecular formula is C12H15ClN4. The van der Waals surface area contributed by atoms with Gasteiger partial charge in [0.2, 0.25) is 5.95 Å². The zero-order valence-corrected chi connectivity index (χ0v) is 10.5. The number of anilines is 1. The molecule has 2 aromatic heterocycles. The molecule has 0 fully saturated rings. The van der Waals surface area contributed by atoms with E-state index in [-0.39, 0.29) is 5.95 Å². The number of aryl methyl sites for hydroxylation is 1. The number of hydrogen-bond donors (Lipinski definition) is 1. The topological polar surface area (TPSA) is 64.7 Å². The quantitative estimate of drug-likeness (QED) is 0.669. The van der Waals surface area contributed by atoms with Gasteiger partial charge in [-0.05, 0) is 24.5 Å². The molecule has 4 nitrogen and oxygen atoms in total. The zero-order chi connectivity index (χ0) is 12.3. The summed E-state index contributed by atoms with van der Waals surface area (Å²) < 4.78 is 0. The lowest BCUT2D eigenvalue weighted by Gasteiger charge is -2.05. The van der Waals surface area contributed by atoms with E-state index in [2.05, 4.69) is 21.9 Å². The molecule has 0 atom stereocenters. The number of rotatable bonds is 4. The van der Waals surface area contributed by atoms with E-state index in [1.165, 1.54) is 12.8 Å². The molecule has 0 unspecified atom stereocenters. The molecule has 0 aromatic carbocycles. The maximum atomic E-state index is 6.12. The summed E-state index contributed by atoms with van der Waals surface area (Å²) in [7, 11) is 0. The number of nitrogens with two attached hydrogens (primary N) is 1. The number of nitrogens with zero attached hydrogens (tertiary/aromatic N) is 3. The Morgan fingerprint density at radius 3 is 2.88 bits per heavy atom. The van der Waals surface area contributed by atoms with Crippen molar-refractivity contribution in [2.75, 3.05) is 5.73 Å². The van der Waals surface area contributed by atoms with Crippen molar-refractivity contribution in [1.82, 2.24) is 15.0 Å². The van der Waals surface area contributed by atoms with Crippen LogP contribution >= 0.6 is 11.6 Å². The molecule has 2 rings (SSSR count). The van der Waals surface area contributed by atoms with Crippen LogP contribution in [0.25, 0.3) is 11.0 Å². The molecule has 0 radical (unpaired) electrons. The summed E-state index contributed by atoms with van der Waals surface area (Å²) in [5.74, 6) is 0.222. The minimum Gasteiger partial charge on any atom is -0.368 e. The van der Waals surface area contributed by atoms with Gasteiger partial charge in [-0.2, -0.15) is 4.98 Å². The third kappa shape index (κ3) is 2.82. The van der Waals surface area contributed by atoms with Crippen LogP contribution in [0.4, 0.5) is 5.95 Å². The van der Waals surface area contributed by atoms with E-state index in [1.807, 2.05) is 6.07 Å². The van der Waals surface area contributed by atoms with Crippen LogP contribution < -0.4 is 5.73 Å². The lowest BCUT2D eigenvalue weighted by atomic mass is 10.1. The number of halogens is 1. The second-order valence-corrected chi connectivity index (χ2v) is 4.39. The molecule has 5 heteroatoms. The number of pyridine rings is 1. The van der Waals surface area contributed by atoms with Gasteiger partial charge in [-0.15, -0.1) is 0 Å². The van der Waals surface area contributed by atoms with Crippen molar-refractivity contribution in [3.63, 3.8) is 0 Å². The number of fused-ring (bicyclic) bond motifs is 1. The van der Waals surface area contributed by atoms with E-state index < -0.39 is 0 Å². The maximum Gasteiger partial charge on any atom is 0.222 e. The van der Waals surface area contributed by atoms with Crippen LogP contribution in [0.15, 0.2) is 12.3 Å². The molecule has 0 aliphatic carbocycles. The van der Waals surface area contributed by atoms with Crippen molar-refractivity contribution in [3.8, 4) is 0 Å². The van der Waals surface area contributed by atoms with Crippen molar-refractivity contribution in [3.05, 3.63) is 23.0 Å². The third-order valence-corrected chi connectivity index (χ3v) is 2.99. The van der Waals surface area contributed by atoms with Crippen molar-refractivity contribution < 1.29 is 0 Å². The fourth-order valence-corrected chi connectivity index (χ4v) is 1.97. The normalized spacial score (nSPS) is 10.9. The SMILES string of the molecule is CCCCCc1cc2cnc(N)nc2nc1Cl. The van der Waals surface area contributed by atoms with Gasteiger partial charge in [-0.3, -0.25) is 0 Å². The van der Waals surface area contributed by atoms with E-state index in [4.69, 9.17) is 17.3 Å². The molecule has 0 spiro atoms. The van der Waals surface area contributed by atoms with Gasteiger partial charge in [0, 0.05) is 11.6 Å². The molecule has 2 heterocycles. The van der Waals surface area contributed by atoms with Crippen LogP contribution in [0.3, 0.4) is 0 Å². The lowest BCUT2D eigenvalue weighted by Crippen LogP contribution is -1.98. The first-order valence-corrected chi connectivity index (χ1v) is 6.16. The van der Waals surface area contributed by atoms with Gasteiger partial charge in [0.05, 0.1) is 0 Å². The second-order valence-electron chi connectivity index (χ2n) is 4.04. The molecule has 0 aliphatic rings. The molecule has 90 valence electrons. The first-order valence-electron chi connectivity index (χ1n) is 5.78. The van der Waals surface area contributed by atoms with Gasteiger partial charge in [0.1, 0.15) is 5.15 Å². The Balaban J connectivity index is 2.31. The lowest BCUT2D eigenvalue weighted by molar-refractivity contribution is 0.716. The predicted molar refractivity (Wildman–Crippen MR) is 70.0 cm³/mol. The molecule has 0 saturated heterocycles. The highest BCUT2D eigenvalue weighted by Gasteiger charge is 2.06. The average Bonchev–Trinajstić information content (AvgIpc) is 2.30. The fraction of sp³-hybridized carbons (Fsp3) is 0.417. The van der Waals surface area contributed by atoms with E-state index in [9.17, 15) is 0 Å². The Kier molecular flexibility index (Phi) is 3.74. The Morgan fingerprint density at radius 2 is 2.12 bits per heavy atom. The van der Waals surface area contributed by atoms with Gasteiger partial charge in [-0.25, -0.2) is 9.97 Å². The molecule has 0 bridgehead atoms. The van der Waals surface area contributed by atoms with E-state index in [0.717, 1.165) is 23.8 Å². The minimum absolute atomic E-state index is 0.222. The molecule has 17 heavy (non-hydrogen) atoms. The Morgan fingerprint density at radius 1 is 1.29 bits per heavy atom.